The maximum absolute atomic E-state index is 12.3. The molecule has 9 heteroatoms. The van der Waals surface area contributed by atoms with E-state index < -0.39 is 43.3 Å². The first-order chi connectivity index (χ1) is 24.7. The van der Waals surface area contributed by atoms with Gasteiger partial charge in [-0.2, -0.15) is 0 Å². The van der Waals surface area contributed by atoms with Gasteiger partial charge in [-0.1, -0.05) is 148 Å². The number of allylic oxidation sites excluding steroid dienone is 2. The van der Waals surface area contributed by atoms with Gasteiger partial charge in [0.1, 0.15) is 6.61 Å². The largest absolute Gasteiger partial charge is 0.462 e. The molecule has 1 aliphatic heterocycles. The molecule has 51 heavy (non-hydrogen) atoms. The predicted octanol–water partition coefficient (Wildman–Crippen LogP) is 8.64. The minimum atomic E-state index is -1.05. The number of unbranched alkanes of at least 4 members (excludes halogenated alkanes) is 15. The third-order valence-electron chi connectivity index (χ3n) is 9.72. The number of aliphatic hydroxyl groups is 4. The van der Waals surface area contributed by atoms with E-state index in [-0.39, 0.29) is 31.3 Å². The van der Waals surface area contributed by atoms with Gasteiger partial charge in [0.2, 0.25) is 0 Å². The Kier molecular flexibility index (Phi) is 29.4. The van der Waals surface area contributed by atoms with Crippen molar-refractivity contribution in [3.63, 3.8) is 0 Å². The summed E-state index contributed by atoms with van der Waals surface area (Å²) in [6, 6.07) is 0. The second-order valence-electron chi connectivity index (χ2n) is 15.1. The first-order valence-electron chi connectivity index (χ1n) is 20.6. The minimum Gasteiger partial charge on any atom is -0.462 e. The molecule has 1 heterocycles. The number of hydrogen-bond donors (Lipinski definition) is 4. The lowest BCUT2D eigenvalue weighted by Gasteiger charge is -2.36. The van der Waals surface area contributed by atoms with Crippen LogP contribution in [0.2, 0.25) is 0 Å². The van der Waals surface area contributed by atoms with Crippen LogP contribution in [0.1, 0.15) is 175 Å². The van der Waals surface area contributed by atoms with Crippen LogP contribution in [0.15, 0.2) is 24.3 Å². The molecule has 4 N–H and O–H groups in total. The lowest BCUT2D eigenvalue weighted by molar-refractivity contribution is -0.199. The van der Waals surface area contributed by atoms with E-state index in [1.807, 2.05) is 12.2 Å². The van der Waals surface area contributed by atoms with Crippen molar-refractivity contribution in [2.45, 2.75) is 206 Å². The van der Waals surface area contributed by atoms with Crippen molar-refractivity contribution < 1.29 is 44.2 Å². The maximum atomic E-state index is 12.3. The molecule has 0 amide bonds. The SMILES string of the molecule is CCCCC[C@H](O)/C=C/[C@H]1OC(O)C[C@H](O)[C@@H]1C/C=C\CCCC(=O)O[C@@H](CO)COC(=O)CCCCCCCCCCCCCCCC(C)C. The van der Waals surface area contributed by atoms with Crippen LogP contribution in [-0.4, -0.2) is 76.3 Å². The molecule has 0 aromatic heterocycles. The average molecular weight is 725 g/mol. The molecule has 0 spiro atoms. The van der Waals surface area contributed by atoms with E-state index in [9.17, 15) is 30.0 Å². The van der Waals surface area contributed by atoms with Crippen LogP contribution in [0.5, 0.6) is 0 Å². The van der Waals surface area contributed by atoms with E-state index in [1.165, 1.54) is 70.6 Å². The molecule has 1 aliphatic rings. The van der Waals surface area contributed by atoms with E-state index in [4.69, 9.17) is 14.2 Å². The van der Waals surface area contributed by atoms with Crippen LogP contribution in [0.3, 0.4) is 0 Å². The van der Waals surface area contributed by atoms with Crippen molar-refractivity contribution in [3.8, 4) is 0 Å². The third kappa shape index (κ3) is 26.6. The molecule has 1 saturated heterocycles. The van der Waals surface area contributed by atoms with Crippen molar-refractivity contribution in [2.24, 2.45) is 11.8 Å². The summed E-state index contributed by atoms with van der Waals surface area (Å²) in [5.41, 5.74) is 0. The molecule has 0 saturated carbocycles. The number of aliphatic hydroxyl groups excluding tert-OH is 4. The standard InChI is InChI=1S/C42H76O9/c1-4-5-19-25-35(44)29-30-39-37(38(45)31-42(48)51-39)26-21-17-18-23-28-41(47)50-36(32-43)33-49-40(46)27-22-16-14-12-10-8-6-7-9-11-13-15-20-24-34(2)3/h17,21,29-30,34-39,42-45,48H,4-16,18-20,22-28,31-33H2,1-3H3/b21-17-,30-29+/t35-,36-,37-,38-,39+,42?/m0/s1. The lowest BCUT2D eigenvalue weighted by Crippen LogP contribution is -2.43. The minimum absolute atomic E-state index is 0.133. The fraction of sp³-hybridized carbons (Fsp3) is 0.857. The highest BCUT2D eigenvalue weighted by Gasteiger charge is 2.35. The van der Waals surface area contributed by atoms with Gasteiger partial charge in [-0.15, -0.1) is 0 Å². The third-order valence-corrected chi connectivity index (χ3v) is 9.72. The summed E-state index contributed by atoms with van der Waals surface area (Å²) >= 11 is 0. The number of carbonyl (C=O) groups is 2. The number of rotatable bonds is 32. The van der Waals surface area contributed by atoms with Crippen LogP contribution < -0.4 is 0 Å². The van der Waals surface area contributed by atoms with Gasteiger partial charge in [-0.25, -0.2) is 0 Å². The van der Waals surface area contributed by atoms with Gasteiger partial charge in [0.15, 0.2) is 12.4 Å². The van der Waals surface area contributed by atoms with E-state index in [0.717, 1.165) is 44.4 Å². The molecule has 6 atom stereocenters. The molecule has 0 radical (unpaired) electrons. The Labute approximate surface area is 310 Å². The summed E-state index contributed by atoms with van der Waals surface area (Å²) in [6.07, 6.45) is 27.2. The van der Waals surface area contributed by atoms with Crippen LogP contribution in [0.4, 0.5) is 0 Å². The van der Waals surface area contributed by atoms with Crippen molar-refractivity contribution in [1.82, 2.24) is 0 Å². The monoisotopic (exact) mass is 725 g/mol. The zero-order valence-corrected chi connectivity index (χ0v) is 32.6. The topological polar surface area (TPSA) is 143 Å². The smallest absolute Gasteiger partial charge is 0.306 e. The zero-order chi connectivity index (χ0) is 37.5. The Bertz CT molecular complexity index is 905. The van der Waals surface area contributed by atoms with Gasteiger partial charge in [0.25, 0.3) is 0 Å². The fourth-order valence-electron chi connectivity index (χ4n) is 6.48. The number of carbonyl (C=O) groups excluding carboxylic acids is 2. The summed E-state index contributed by atoms with van der Waals surface area (Å²) in [4.78, 5) is 24.5. The molecule has 1 unspecified atom stereocenters. The Balaban J connectivity index is 2.13. The number of ether oxygens (including phenoxy) is 3. The molecule has 0 aromatic rings. The molecule has 0 aromatic carbocycles. The Morgan fingerprint density at radius 3 is 1.98 bits per heavy atom. The average Bonchev–Trinajstić information content (AvgIpc) is 3.09. The predicted molar refractivity (Wildman–Crippen MR) is 204 cm³/mol. The van der Waals surface area contributed by atoms with E-state index in [0.29, 0.717) is 32.1 Å². The second-order valence-corrected chi connectivity index (χ2v) is 15.1. The molecule has 9 nitrogen and oxygen atoms in total. The first kappa shape index (κ1) is 47.2. The van der Waals surface area contributed by atoms with Crippen LogP contribution in [0, 0.1) is 11.8 Å². The van der Waals surface area contributed by atoms with Crippen molar-refractivity contribution >= 4 is 11.9 Å². The summed E-state index contributed by atoms with van der Waals surface area (Å²) in [5.74, 6) is -0.215. The number of esters is 2. The highest BCUT2D eigenvalue weighted by atomic mass is 16.6. The van der Waals surface area contributed by atoms with Crippen molar-refractivity contribution in [1.29, 1.82) is 0 Å². The van der Waals surface area contributed by atoms with E-state index >= 15 is 0 Å². The highest BCUT2D eigenvalue weighted by Crippen LogP contribution is 2.29. The molecule has 0 bridgehead atoms. The zero-order valence-electron chi connectivity index (χ0n) is 32.6. The normalized spacial score (nSPS) is 20.7. The molecule has 1 fully saturated rings. The van der Waals surface area contributed by atoms with E-state index in [2.05, 4.69) is 20.8 Å². The van der Waals surface area contributed by atoms with Gasteiger partial charge in [0, 0.05) is 25.2 Å². The van der Waals surface area contributed by atoms with Gasteiger partial charge in [-0.05, 0) is 38.0 Å². The lowest BCUT2D eigenvalue weighted by atomic mass is 9.87. The summed E-state index contributed by atoms with van der Waals surface area (Å²) in [7, 11) is 0. The van der Waals surface area contributed by atoms with Crippen LogP contribution in [0.25, 0.3) is 0 Å². The van der Waals surface area contributed by atoms with E-state index in [1.54, 1.807) is 12.2 Å². The van der Waals surface area contributed by atoms with Crippen LogP contribution >= 0.6 is 0 Å². The molecular weight excluding hydrogens is 648 g/mol. The Hall–Kier alpha value is -1.78. The summed E-state index contributed by atoms with van der Waals surface area (Å²) in [6.45, 7) is 6.15. The van der Waals surface area contributed by atoms with Crippen LogP contribution in [-0.2, 0) is 23.8 Å². The summed E-state index contributed by atoms with van der Waals surface area (Å²) < 4.78 is 16.2. The molecule has 298 valence electrons. The molecule has 1 rings (SSSR count). The highest BCUT2D eigenvalue weighted by molar-refractivity contribution is 5.70. The quantitative estimate of drug-likeness (QED) is 0.0305. The summed E-state index contributed by atoms with van der Waals surface area (Å²) in [5, 5.41) is 40.4. The fourth-order valence-corrected chi connectivity index (χ4v) is 6.48. The van der Waals surface area contributed by atoms with Gasteiger partial charge in [-0.3, -0.25) is 9.59 Å². The second kappa shape index (κ2) is 31.7. The molecular formula is C42H76O9. The van der Waals surface area contributed by atoms with Gasteiger partial charge in [0.05, 0.1) is 24.9 Å². The van der Waals surface area contributed by atoms with Crippen molar-refractivity contribution in [3.05, 3.63) is 24.3 Å². The number of hydrogen-bond acceptors (Lipinski definition) is 9. The van der Waals surface area contributed by atoms with Crippen molar-refractivity contribution in [2.75, 3.05) is 13.2 Å². The van der Waals surface area contributed by atoms with Gasteiger partial charge < -0.3 is 34.6 Å². The Morgan fingerprint density at radius 2 is 1.37 bits per heavy atom. The first-order valence-corrected chi connectivity index (χ1v) is 20.6. The maximum Gasteiger partial charge on any atom is 0.306 e. The molecule has 0 aliphatic carbocycles. The van der Waals surface area contributed by atoms with Gasteiger partial charge >= 0.3 is 11.9 Å². The Morgan fingerprint density at radius 1 is 0.784 bits per heavy atom.